The van der Waals surface area contributed by atoms with Crippen molar-refractivity contribution in [3.05, 3.63) is 82.6 Å². The molecule has 3 rings (SSSR count). The van der Waals surface area contributed by atoms with Crippen molar-refractivity contribution in [2.24, 2.45) is 0 Å². The Balaban J connectivity index is 1.96. The van der Waals surface area contributed by atoms with E-state index in [1.807, 2.05) is 54.8 Å². The van der Waals surface area contributed by atoms with Crippen molar-refractivity contribution in [1.82, 2.24) is 4.31 Å². The minimum atomic E-state index is -3.82. The van der Waals surface area contributed by atoms with Crippen LogP contribution in [0, 0.1) is 0 Å². The number of nitrogens with zero attached hydrogens (tertiary/aromatic N) is 1. The van der Waals surface area contributed by atoms with E-state index >= 15 is 0 Å². The number of hydrogen-bond donors (Lipinski definition) is 0. The van der Waals surface area contributed by atoms with Crippen LogP contribution in [0.1, 0.15) is 17.4 Å². The highest BCUT2D eigenvalue weighted by Gasteiger charge is 2.30. The summed E-state index contributed by atoms with van der Waals surface area (Å²) in [6.07, 6.45) is 1.70. The van der Waals surface area contributed by atoms with Crippen LogP contribution in [0.15, 0.2) is 81.9 Å². The maximum Gasteiger partial charge on any atom is 0.243 e. The third-order valence-electron chi connectivity index (χ3n) is 4.61. The quantitative estimate of drug-likeness (QED) is 0.522. The fraction of sp³-hybridized carbons (Fsp3) is 0.238. The predicted octanol–water partition coefficient (Wildman–Crippen LogP) is 3.97. The number of sulfonamides is 1. The molecular formula is C21H23NO4S3. The van der Waals surface area contributed by atoms with E-state index in [1.165, 1.54) is 28.6 Å². The Morgan fingerprint density at radius 2 is 1.48 bits per heavy atom. The second kappa shape index (κ2) is 8.79. The van der Waals surface area contributed by atoms with E-state index in [9.17, 15) is 16.8 Å². The smallest absolute Gasteiger partial charge is 0.224 e. The highest BCUT2D eigenvalue weighted by atomic mass is 32.2. The van der Waals surface area contributed by atoms with Gasteiger partial charge in [-0.25, -0.2) is 16.8 Å². The number of thiophene rings is 1. The zero-order valence-electron chi connectivity index (χ0n) is 16.2. The molecule has 5 nitrogen and oxygen atoms in total. The lowest BCUT2D eigenvalue weighted by atomic mass is 10.1. The Labute approximate surface area is 176 Å². The fourth-order valence-corrected chi connectivity index (χ4v) is 6.13. The molecule has 0 amide bonds. The first kappa shape index (κ1) is 21.7. The van der Waals surface area contributed by atoms with Crippen LogP contribution in [-0.4, -0.2) is 33.4 Å². The number of sulfone groups is 1. The molecule has 3 aromatic rings. The lowest BCUT2D eigenvalue weighted by Gasteiger charge is -2.28. The fourth-order valence-electron chi connectivity index (χ4n) is 3.06. The molecule has 1 atom stereocenters. The summed E-state index contributed by atoms with van der Waals surface area (Å²) in [5.41, 5.74) is 0.891. The second-order valence-electron chi connectivity index (χ2n) is 6.91. The molecule has 0 saturated heterocycles. The molecule has 8 heteroatoms. The monoisotopic (exact) mass is 449 g/mol. The van der Waals surface area contributed by atoms with Gasteiger partial charge in [0.25, 0.3) is 0 Å². The average molecular weight is 450 g/mol. The third kappa shape index (κ3) is 5.33. The summed E-state index contributed by atoms with van der Waals surface area (Å²) in [7, 11) is -7.21. The average Bonchev–Trinajstić information content (AvgIpc) is 3.19. The molecule has 29 heavy (non-hydrogen) atoms. The van der Waals surface area contributed by atoms with Crippen LogP contribution >= 0.6 is 11.3 Å². The molecule has 0 aliphatic carbocycles. The van der Waals surface area contributed by atoms with Crippen molar-refractivity contribution < 1.29 is 16.8 Å². The Bertz CT molecular complexity index is 1140. The van der Waals surface area contributed by atoms with E-state index in [0.717, 1.165) is 16.7 Å². The summed E-state index contributed by atoms with van der Waals surface area (Å²) < 4.78 is 51.8. The van der Waals surface area contributed by atoms with Crippen LogP contribution in [0.4, 0.5) is 0 Å². The Kier molecular flexibility index (Phi) is 6.58. The second-order valence-corrected chi connectivity index (χ2v) is 11.9. The first-order valence-corrected chi connectivity index (χ1v) is 13.3. The zero-order chi connectivity index (χ0) is 21.1. The minimum Gasteiger partial charge on any atom is -0.224 e. The number of rotatable bonds is 8. The molecule has 0 radical (unpaired) electrons. The van der Waals surface area contributed by atoms with Gasteiger partial charge in [-0.1, -0.05) is 36.4 Å². The molecule has 0 spiro atoms. The van der Waals surface area contributed by atoms with Gasteiger partial charge < -0.3 is 0 Å². The van der Waals surface area contributed by atoms with Gasteiger partial charge in [0.15, 0.2) is 9.84 Å². The number of hydrogen-bond acceptors (Lipinski definition) is 5. The summed E-state index contributed by atoms with van der Waals surface area (Å²) in [6, 6.07) is 18.5. The first-order chi connectivity index (χ1) is 13.7. The van der Waals surface area contributed by atoms with Crippen molar-refractivity contribution in [2.75, 3.05) is 6.26 Å². The van der Waals surface area contributed by atoms with Gasteiger partial charge in [0, 0.05) is 23.7 Å². The van der Waals surface area contributed by atoms with E-state index in [4.69, 9.17) is 0 Å². The van der Waals surface area contributed by atoms with E-state index in [2.05, 4.69) is 0 Å². The van der Waals surface area contributed by atoms with Crippen molar-refractivity contribution in [1.29, 1.82) is 0 Å². The van der Waals surface area contributed by atoms with Gasteiger partial charge in [-0.05, 0) is 54.6 Å². The molecular weight excluding hydrogens is 426 g/mol. The van der Waals surface area contributed by atoms with Gasteiger partial charge in [0.1, 0.15) is 0 Å². The molecule has 2 aromatic carbocycles. The van der Waals surface area contributed by atoms with Gasteiger partial charge in [-0.15, -0.1) is 11.3 Å². The highest BCUT2D eigenvalue weighted by molar-refractivity contribution is 7.90. The van der Waals surface area contributed by atoms with Crippen LogP contribution < -0.4 is 0 Å². The molecule has 0 fully saturated rings. The minimum absolute atomic E-state index is 0.0823. The van der Waals surface area contributed by atoms with Gasteiger partial charge in [-0.2, -0.15) is 4.31 Å². The summed E-state index contributed by atoms with van der Waals surface area (Å²) in [6.45, 7) is 2.13. The van der Waals surface area contributed by atoms with Crippen LogP contribution in [0.5, 0.6) is 0 Å². The normalized spacial score (nSPS) is 13.5. The van der Waals surface area contributed by atoms with E-state index in [-0.39, 0.29) is 22.4 Å². The summed E-state index contributed by atoms with van der Waals surface area (Å²) >= 11 is 1.60. The molecule has 154 valence electrons. The Morgan fingerprint density at radius 3 is 2.03 bits per heavy atom. The van der Waals surface area contributed by atoms with Gasteiger partial charge >= 0.3 is 0 Å². The van der Waals surface area contributed by atoms with Crippen LogP contribution in [-0.2, 0) is 32.8 Å². The molecule has 0 unspecified atom stereocenters. The predicted molar refractivity (Wildman–Crippen MR) is 116 cm³/mol. The molecule has 1 heterocycles. The summed E-state index contributed by atoms with van der Waals surface area (Å²) in [4.78, 5) is 1.29. The lowest BCUT2D eigenvalue weighted by molar-refractivity contribution is 0.329. The maximum atomic E-state index is 13.4. The van der Waals surface area contributed by atoms with E-state index in [1.54, 1.807) is 11.3 Å². The Hall–Kier alpha value is -2.00. The third-order valence-corrected chi connectivity index (χ3v) is 8.61. The van der Waals surface area contributed by atoms with Crippen molar-refractivity contribution in [3.8, 4) is 0 Å². The summed E-state index contributed by atoms with van der Waals surface area (Å²) in [5, 5.41) is 1.97. The van der Waals surface area contributed by atoms with Gasteiger partial charge in [0.2, 0.25) is 10.0 Å². The Morgan fingerprint density at radius 1 is 0.862 bits per heavy atom. The first-order valence-electron chi connectivity index (χ1n) is 9.06. The molecule has 0 aliphatic heterocycles. The van der Waals surface area contributed by atoms with Crippen LogP contribution in [0.25, 0.3) is 0 Å². The molecule has 0 saturated carbocycles. The SMILES string of the molecule is C[C@H](Cc1cccs1)N(Cc1ccccc1)S(=O)(=O)c1ccc(S(C)(=O)=O)cc1. The number of benzene rings is 2. The molecule has 0 aliphatic rings. The maximum absolute atomic E-state index is 13.4. The summed E-state index contributed by atoms with van der Waals surface area (Å²) in [5.74, 6) is 0. The van der Waals surface area contributed by atoms with Gasteiger partial charge in [0.05, 0.1) is 9.79 Å². The van der Waals surface area contributed by atoms with Crippen LogP contribution in [0.2, 0.25) is 0 Å². The van der Waals surface area contributed by atoms with E-state index < -0.39 is 19.9 Å². The van der Waals surface area contributed by atoms with E-state index in [0.29, 0.717) is 6.42 Å². The van der Waals surface area contributed by atoms with Crippen molar-refractivity contribution in [3.63, 3.8) is 0 Å². The van der Waals surface area contributed by atoms with Crippen molar-refractivity contribution >= 4 is 31.2 Å². The molecule has 1 aromatic heterocycles. The van der Waals surface area contributed by atoms with Crippen LogP contribution in [0.3, 0.4) is 0 Å². The van der Waals surface area contributed by atoms with Gasteiger partial charge in [-0.3, -0.25) is 0 Å². The standard InChI is InChI=1S/C21H23NO4S3/c1-17(15-19-9-6-14-27-19)22(16-18-7-4-3-5-8-18)29(25,26)21-12-10-20(11-13-21)28(2,23)24/h3-14,17H,15-16H2,1-2H3/t17-/m1/s1. The molecule has 0 N–H and O–H groups in total. The molecule has 0 bridgehead atoms. The largest absolute Gasteiger partial charge is 0.243 e. The zero-order valence-corrected chi connectivity index (χ0v) is 18.7. The topological polar surface area (TPSA) is 71.5 Å². The van der Waals surface area contributed by atoms with Crippen molar-refractivity contribution in [2.45, 2.75) is 35.7 Å². The highest BCUT2D eigenvalue weighted by Crippen LogP contribution is 2.25. The lowest BCUT2D eigenvalue weighted by Crippen LogP contribution is -2.39.